The van der Waals surface area contributed by atoms with Crippen LogP contribution in [0.25, 0.3) is 0 Å². The summed E-state index contributed by atoms with van der Waals surface area (Å²) < 4.78 is 0. The van der Waals surface area contributed by atoms with Crippen LogP contribution >= 0.6 is 0 Å². The predicted octanol–water partition coefficient (Wildman–Crippen LogP) is 2.49. The van der Waals surface area contributed by atoms with Crippen molar-refractivity contribution >= 4 is 5.82 Å². The van der Waals surface area contributed by atoms with Crippen LogP contribution in [-0.2, 0) is 6.54 Å². The van der Waals surface area contributed by atoms with Crippen LogP contribution in [0.3, 0.4) is 0 Å². The van der Waals surface area contributed by atoms with Gasteiger partial charge in [-0.15, -0.1) is 0 Å². The molecule has 0 fully saturated rings. The van der Waals surface area contributed by atoms with Crippen LogP contribution in [0.2, 0.25) is 0 Å². The van der Waals surface area contributed by atoms with Crippen molar-refractivity contribution in [3.63, 3.8) is 0 Å². The SMILES string of the molecule is Cc1ncc(CNC(C)C)c(NC(C)(C)C)n1. The van der Waals surface area contributed by atoms with Crippen LogP contribution in [0, 0.1) is 6.92 Å². The van der Waals surface area contributed by atoms with E-state index in [0.717, 1.165) is 23.8 Å². The second kappa shape index (κ2) is 5.45. The molecule has 96 valence electrons. The van der Waals surface area contributed by atoms with Gasteiger partial charge in [0, 0.05) is 29.9 Å². The van der Waals surface area contributed by atoms with E-state index in [1.165, 1.54) is 0 Å². The zero-order chi connectivity index (χ0) is 13.1. The van der Waals surface area contributed by atoms with Gasteiger partial charge in [0.1, 0.15) is 11.6 Å². The number of nitrogens with zero attached hydrogens (tertiary/aromatic N) is 2. The predicted molar refractivity (Wildman–Crippen MR) is 72.1 cm³/mol. The van der Waals surface area contributed by atoms with Gasteiger partial charge in [0.15, 0.2) is 0 Å². The summed E-state index contributed by atoms with van der Waals surface area (Å²) in [7, 11) is 0. The fourth-order valence-corrected chi connectivity index (χ4v) is 1.40. The molecule has 0 aliphatic carbocycles. The Hall–Kier alpha value is -1.16. The van der Waals surface area contributed by atoms with Gasteiger partial charge < -0.3 is 10.6 Å². The number of aromatic nitrogens is 2. The molecule has 2 N–H and O–H groups in total. The lowest BCUT2D eigenvalue weighted by Gasteiger charge is -2.23. The molecule has 1 rings (SSSR count). The van der Waals surface area contributed by atoms with Gasteiger partial charge in [-0.25, -0.2) is 9.97 Å². The van der Waals surface area contributed by atoms with Gasteiger partial charge in [-0.05, 0) is 27.7 Å². The number of aryl methyl sites for hydroxylation is 1. The molecule has 1 aromatic rings. The third-order valence-corrected chi connectivity index (χ3v) is 2.18. The van der Waals surface area contributed by atoms with E-state index in [1.807, 2.05) is 13.1 Å². The van der Waals surface area contributed by atoms with Gasteiger partial charge in [0.05, 0.1) is 0 Å². The zero-order valence-electron chi connectivity index (χ0n) is 11.8. The van der Waals surface area contributed by atoms with Crippen LogP contribution < -0.4 is 10.6 Å². The highest BCUT2D eigenvalue weighted by Gasteiger charge is 2.14. The first-order chi connectivity index (χ1) is 7.78. The van der Waals surface area contributed by atoms with Crippen LogP contribution in [0.4, 0.5) is 5.82 Å². The van der Waals surface area contributed by atoms with Crippen molar-refractivity contribution in [2.24, 2.45) is 0 Å². The normalized spacial score (nSPS) is 11.9. The molecule has 0 bridgehead atoms. The van der Waals surface area contributed by atoms with Gasteiger partial charge in [0.25, 0.3) is 0 Å². The third-order valence-electron chi connectivity index (χ3n) is 2.18. The molecular formula is C13H24N4. The number of anilines is 1. The molecule has 4 heteroatoms. The van der Waals surface area contributed by atoms with Crippen LogP contribution in [0.15, 0.2) is 6.20 Å². The Morgan fingerprint density at radius 1 is 1.29 bits per heavy atom. The van der Waals surface area contributed by atoms with Crippen LogP contribution in [0.5, 0.6) is 0 Å². The van der Waals surface area contributed by atoms with Crippen molar-refractivity contribution in [1.82, 2.24) is 15.3 Å². The first-order valence-corrected chi connectivity index (χ1v) is 6.12. The standard InChI is InChI=1S/C13H24N4/c1-9(2)14-7-11-8-15-10(3)16-12(11)17-13(4,5)6/h8-9,14H,7H2,1-6H3,(H,15,16,17). The van der Waals surface area contributed by atoms with E-state index in [4.69, 9.17) is 0 Å². The first-order valence-electron chi connectivity index (χ1n) is 6.12. The molecule has 0 aliphatic rings. The van der Waals surface area contributed by atoms with Crippen molar-refractivity contribution < 1.29 is 0 Å². The highest BCUT2D eigenvalue weighted by molar-refractivity contribution is 5.44. The summed E-state index contributed by atoms with van der Waals surface area (Å²) in [4.78, 5) is 8.73. The molecule has 0 saturated carbocycles. The largest absolute Gasteiger partial charge is 0.365 e. The smallest absolute Gasteiger partial charge is 0.134 e. The Morgan fingerprint density at radius 3 is 2.47 bits per heavy atom. The lowest BCUT2D eigenvalue weighted by Crippen LogP contribution is -2.29. The lowest BCUT2D eigenvalue weighted by atomic mass is 10.1. The number of hydrogen-bond donors (Lipinski definition) is 2. The maximum Gasteiger partial charge on any atom is 0.134 e. The summed E-state index contributed by atoms with van der Waals surface area (Å²) in [6.45, 7) is 13.3. The van der Waals surface area contributed by atoms with E-state index in [-0.39, 0.29) is 5.54 Å². The van der Waals surface area contributed by atoms with E-state index >= 15 is 0 Å². The Morgan fingerprint density at radius 2 is 1.94 bits per heavy atom. The molecule has 0 spiro atoms. The number of hydrogen-bond acceptors (Lipinski definition) is 4. The van der Waals surface area contributed by atoms with Crippen LogP contribution in [0.1, 0.15) is 46.0 Å². The Labute approximate surface area is 104 Å². The molecule has 1 aromatic heterocycles. The minimum atomic E-state index is 0.00732. The fraction of sp³-hybridized carbons (Fsp3) is 0.692. The number of nitrogens with one attached hydrogen (secondary N) is 2. The summed E-state index contributed by atoms with van der Waals surface area (Å²) in [6.07, 6.45) is 1.89. The summed E-state index contributed by atoms with van der Waals surface area (Å²) >= 11 is 0. The van der Waals surface area contributed by atoms with E-state index in [0.29, 0.717) is 6.04 Å². The second-order valence-electron chi connectivity index (χ2n) is 5.70. The summed E-state index contributed by atoms with van der Waals surface area (Å²) in [5, 5.41) is 6.81. The molecule has 0 aromatic carbocycles. The van der Waals surface area contributed by atoms with Crippen molar-refractivity contribution in [3.8, 4) is 0 Å². The van der Waals surface area contributed by atoms with E-state index in [1.54, 1.807) is 0 Å². The molecule has 17 heavy (non-hydrogen) atoms. The minimum Gasteiger partial charge on any atom is -0.365 e. The van der Waals surface area contributed by atoms with Crippen molar-refractivity contribution in [2.75, 3.05) is 5.32 Å². The molecule has 0 unspecified atom stereocenters. The molecule has 0 radical (unpaired) electrons. The first kappa shape index (κ1) is 13.9. The molecule has 4 nitrogen and oxygen atoms in total. The molecule has 0 aliphatic heterocycles. The van der Waals surface area contributed by atoms with Gasteiger partial charge >= 0.3 is 0 Å². The zero-order valence-corrected chi connectivity index (χ0v) is 11.8. The monoisotopic (exact) mass is 236 g/mol. The van der Waals surface area contributed by atoms with Gasteiger partial charge in [0.2, 0.25) is 0 Å². The Balaban J connectivity index is 2.88. The maximum atomic E-state index is 4.47. The van der Waals surface area contributed by atoms with Gasteiger partial charge in [-0.3, -0.25) is 0 Å². The third kappa shape index (κ3) is 5.13. The molecule has 0 saturated heterocycles. The Bertz CT molecular complexity index is 366. The minimum absolute atomic E-state index is 0.00732. The average molecular weight is 236 g/mol. The van der Waals surface area contributed by atoms with Crippen molar-refractivity contribution in [2.45, 2.75) is 59.7 Å². The number of rotatable bonds is 4. The average Bonchev–Trinajstić information content (AvgIpc) is 2.13. The van der Waals surface area contributed by atoms with Crippen molar-refractivity contribution in [3.05, 3.63) is 17.6 Å². The van der Waals surface area contributed by atoms with Crippen molar-refractivity contribution in [1.29, 1.82) is 0 Å². The quantitative estimate of drug-likeness (QED) is 0.843. The molecule has 0 amide bonds. The van der Waals surface area contributed by atoms with Gasteiger partial charge in [-0.2, -0.15) is 0 Å². The van der Waals surface area contributed by atoms with E-state index < -0.39 is 0 Å². The second-order valence-corrected chi connectivity index (χ2v) is 5.70. The van der Waals surface area contributed by atoms with Crippen LogP contribution in [-0.4, -0.2) is 21.5 Å². The van der Waals surface area contributed by atoms with Gasteiger partial charge in [-0.1, -0.05) is 13.8 Å². The highest BCUT2D eigenvalue weighted by atomic mass is 15.1. The maximum absolute atomic E-state index is 4.47. The summed E-state index contributed by atoms with van der Waals surface area (Å²) in [6, 6.07) is 0.457. The van der Waals surface area contributed by atoms with E-state index in [2.05, 4.69) is 55.2 Å². The summed E-state index contributed by atoms with van der Waals surface area (Å²) in [5.74, 6) is 1.73. The Kier molecular flexibility index (Phi) is 4.46. The topological polar surface area (TPSA) is 49.8 Å². The lowest BCUT2D eigenvalue weighted by molar-refractivity contribution is 0.582. The fourth-order valence-electron chi connectivity index (χ4n) is 1.40. The molecule has 1 heterocycles. The molecular weight excluding hydrogens is 212 g/mol. The molecule has 0 atom stereocenters. The van der Waals surface area contributed by atoms with E-state index in [9.17, 15) is 0 Å². The summed E-state index contributed by atoms with van der Waals surface area (Å²) in [5.41, 5.74) is 1.12. The highest BCUT2D eigenvalue weighted by Crippen LogP contribution is 2.17.